The fourth-order valence-electron chi connectivity index (χ4n) is 4.17. The van der Waals surface area contributed by atoms with Gasteiger partial charge in [-0.15, -0.1) is 0 Å². The zero-order valence-corrected chi connectivity index (χ0v) is 18.8. The quantitative estimate of drug-likeness (QED) is 0.247. The van der Waals surface area contributed by atoms with Gasteiger partial charge in [0.1, 0.15) is 17.1 Å². The Morgan fingerprint density at radius 2 is 1.94 bits per heavy atom. The lowest BCUT2D eigenvalue weighted by atomic mass is 9.96. The number of likely N-dealkylation sites (tertiary alicyclic amines) is 1. The van der Waals surface area contributed by atoms with Crippen LogP contribution in [0.5, 0.6) is 0 Å². The van der Waals surface area contributed by atoms with E-state index in [1.165, 1.54) is 11.2 Å². The van der Waals surface area contributed by atoms with Crippen molar-refractivity contribution in [1.82, 2.24) is 14.3 Å². The van der Waals surface area contributed by atoms with E-state index in [0.717, 1.165) is 0 Å². The van der Waals surface area contributed by atoms with Crippen LogP contribution in [0.1, 0.15) is 28.8 Å². The van der Waals surface area contributed by atoms with E-state index in [1.54, 1.807) is 60.0 Å². The van der Waals surface area contributed by atoms with Gasteiger partial charge in [-0.2, -0.15) is 0 Å². The van der Waals surface area contributed by atoms with E-state index in [4.69, 9.17) is 27.6 Å². The van der Waals surface area contributed by atoms with E-state index in [-0.39, 0.29) is 22.9 Å². The number of ketones is 1. The van der Waals surface area contributed by atoms with Gasteiger partial charge >= 0.3 is 0 Å². The fourth-order valence-corrected chi connectivity index (χ4v) is 4.48. The van der Waals surface area contributed by atoms with Crippen LogP contribution in [-0.4, -0.2) is 31.1 Å². The second-order valence-corrected chi connectivity index (χ2v) is 8.47. The lowest BCUT2D eigenvalue weighted by Crippen LogP contribution is -2.29. The third-order valence-electron chi connectivity index (χ3n) is 5.63. The lowest BCUT2D eigenvalue weighted by molar-refractivity contribution is -0.140. The predicted molar refractivity (Wildman–Crippen MR) is 123 cm³/mol. The van der Waals surface area contributed by atoms with Crippen LogP contribution < -0.4 is 0 Å². The van der Waals surface area contributed by atoms with Gasteiger partial charge in [0, 0.05) is 6.20 Å². The second kappa shape index (κ2) is 8.10. The lowest BCUT2D eigenvalue weighted by Gasteiger charge is -2.24. The molecule has 1 fully saturated rings. The van der Waals surface area contributed by atoms with Crippen molar-refractivity contribution in [2.45, 2.75) is 19.5 Å². The molecular weight excluding hydrogens is 465 g/mol. The maximum atomic E-state index is 13.2. The number of hydrogen-bond donors (Lipinski definition) is 1. The van der Waals surface area contributed by atoms with Crippen molar-refractivity contribution in [3.63, 3.8) is 0 Å². The summed E-state index contributed by atoms with van der Waals surface area (Å²) < 4.78 is 7.08. The number of fused-ring (bicyclic) bond motifs is 1. The highest BCUT2D eigenvalue weighted by molar-refractivity contribution is 6.46. The van der Waals surface area contributed by atoms with Gasteiger partial charge in [-0.3, -0.25) is 14.0 Å². The third-order valence-corrected chi connectivity index (χ3v) is 6.37. The largest absolute Gasteiger partial charge is 0.505 e. The number of aromatic nitrogens is 2. The average Bonchev–Trinajstić information content (AvgIpc) is 3.48. The van der Waals surface area contributed by atoms with E-state index in [1.807, 2.05) is 6.07 Å². The highest BCUT2D eigenvalue weighted by Gasteiger charge is 2.47. The molecule has 1 aromatic carbocycles. The number of imidazole rings is 1. The Morgan fingerprint density at radius 1 is 1.12 bits per heavy atom. The molecule has 166 valence electrons. The van der Waals surface area contributed by atoms with Crippen molar-refractivity contribution in [3.8, 4) is 0 Å². The summed E-state index contributed by atoms with van der Waals surface area (Å²) in [6.07, 6.45) is 3.22. The molecule has 1 aliphatic heterocycles. The average molecular weight is 482 g/mol. The number of Topliss-reactive ketones (excluding diaryl/α,β-unsaturated/α-hetero) is 1. The number of aliphatic hydroxyl groups is 1. The van der Waals surface area contributed by atoms with Crippen LogP contribution in [0.25, 0.3) is 11.4 Å². The van der Waals surface area contributed by atoms with Crippen molar-refractivity contribution in [2.24, 2.45) is 0 Å². The van der Waals surface area contributed by atoms with Crippen molar-refractivity contribution >= 4 is 46.3 Å². The van der Waals surface area contributed by atoms with Crippen molar-refractivity contribution in [1.29, 1.82) is 0 Å². The van der Waals surface area contributed by atoms with Crippen molar-refractivity contribution in [3.05, 3.63) is 99.3 Å². The summed E-state index contributed by atoms with van der Waals surface area (Å²) in [6, 6.07) is 12.8. The van der Waals surface area contributed by atoms with Gasteiger partial charge in [0.25, 0.3) is 11.7 Å². The number of furan rings is 1. The summed E-state index contributed by atoms with van der Waals surface area (Å²) >= 11 is 12.3. The Bertz CT molecular complexity index is 1440. The number of aliphatic hydroxyl groups excluding tert-OH is 1. The number of benzene rings is 1. The molecule has 33 heavy (non-hydrogen) atoms. The number of hydrogen-bond acceptors (Lipinski definition) is 5. The van der Waals surface area contributed by atoms with Gasteiger partial charge < -0.3 is 14.4 Å². The molecule has 3 aromatic heterocycles. The minimum absolute atomic E-state index is 0.0331. The number of carbonyl (C=O) groups is 2. The molecule has 1 saturated heterocycles. The SMILES string of the molecule is Cc1nc2ccccn2c1C(O)=C1C(=O)C(=O)N(Cc2ccco2)C1c1ccc(Cl)c(Cl)c1. The highest BCUT2D eigenvalue weighted by Crippen LogP contribution is 2.42. The first-order valence-corrected chi connectivity index (χ1v) is 10.8. The minimum Gasteiger partial charge on any atom is -0.505 e. The first kappa shape index (κ1) is 21.3. The van der Waals surface area contributed by atoms with Crippen molar-refractivity contribution in [2.75, 3.05) is 0 Å². The van der Waals surface area contributed by atoms with Gasteiger partial charge in [-0.05, 0) is 48.9 Å². The topological polar surface area (TPSA) is 88.0 Å². The molecule has 1 aliphatic rings. The first-order chi connectivity index (χ1) is 15.9. The Hall–Kier alpha value is -3.55. The summed E-state index contributed by atoms with van der Waals surface area (Å²) in [5, 5.41) is 12.0. The molecule has 1 amide bonds. The molecule has 0 spiro atoms. The molecule has 0 radical (unpaired) electrons. The molecule has 1 atom stereocenters. The summed E-state index contributed by atoms with van der Waals surface area (Å²) in [4.78, 5) is 32.2. The maximum Gasteiger partial charge on any atom is 0.296 e. The molecule has 7 nitrogen and oxygen atoms in total. The van der Waals surface area contributed by atoms with Crippen LogP contribution in [0, 0.1) is 6.92 Å². The van der Waals surface area contributed by atoms with E-state index >= 15 is 0 Å². The Labute approximate surface area is 198 Å². The maximum absolute atomic E-state index is 13.2. The second-order valence-electron chi connectivity index (χ2n) is 7.65. The van der Waals surface area contributed by atoms with Crippen LogP contribution in [0.3, 0.4) is 0 Å². The van der Waals surface area contributed by atoms with Crippen LogP contribution in [0.15, 0.2) is 71.0 Å². The van der Waals surface area contributed by atoms with Gasteiger partial charge in [0.15, 0.2) is 5.76 Å². The monoisotopic (exact) mass is 481 g/mol. The van der Waals surface area contributed by atoms with Crippen LogP contribution in [-0.2, 0) is 16.1 Å². The number of aryl methyl sites for hydroxylation is 1. The predicted octanol–water partition coefficient (Wildman–Crippen LogP) is 5.16. The molecule has 0 saturated carbocycles. The third kappa shape index (κ3) is 3.50. The number of pyridine rings is 1. The first-order valence-electron chi connectivity index (χ1n) is 10.1. The van der Waals surface area contributed by atoms with Crippen LogP contribution >= 0.6 is 23.2 Å². The number of amides is 1. The normalized spacial score (nSPS) is 17.9. The number of nitrogens with zero attached hydrogens (tertiary/aromatic N) is 3. The fraction of sp³-hybridized carbons (Fsp3) is 0.125. The summed E-state index contributed by atoms with van der Waals surface area (Å²) in [7, 11) is 0. The summed E-state index contributed by atoms with van der Waals surface area (Å²) in [6.45, 7) is 1.76. The molecule has 1 N–H and O–H groups in total. The molecule has 1 unspecified atom stereocenters. The molecule has 0 bridgehead atoms. The van der Waals surface area contributed by atoms with E-state index in [0.29, 0.717) is 33.4 Å². The minimum atomic E-state index is -0.904. The summed E-state index contributed by atoms with van der Waals surface area (Å²) in [5.41, 5.74) is 1.94. The molecule has 5 rings (SSSR count). The summed E-state index contributed by atoms with van der Waals surface area (Å²) in [5.74, 6) is -1.38. The highest BCUT2D eigenvalue weighted by atomic mass is 35.5. The molecular formula is C24H17Cl2N3O4. The molecule has 4 aromatic rings. The zero-order chi connectivity index (χ0) is 23.3. The van der Waals surface area contributed by atoms with Gasteiger partial charge in [0.2, 0.25) is 0 Å². The van der Waals surface area contributed by atoms with E-state index in [2.05, 4.69) is 4.98 Å². The van der Waals surface area contributed by atoms with Gasteiger partial charge in [-0.1, -0.05) is 35.3 Å². The van der Waals surface area contributed by atoms with E-state index in [9.17, 15) is 14.7 Å². The number of rotatable bonds is 4. The number of halogens is 2. The Balaban J connectivity index is 1.74. The molecule has 9 heteroatoms. The molecule has 0 aliphatic carbocycles. The van der Waals surface area contributed by atoms with E-state index < -0.39 is 17.7 Å². The van der Waals surface area contributed by atoms with Crippen molar-refractivity contribution < 1.29 is 19.1 Å². The standard InChI is InChI=1S/C24H17Cl2N3O4/c1-13-20(28-9-3-2-6-18(28)27-13)22(30)19-21(14-7-8-16(25)17(26)11-14)29(24(32)23(19)31)12-15-5-4-10-33-15/h2-11,21,30H,12H2,1H3. The van der Waals surface area contributed by atoms with Gasteiger partial charge in [0.05, 0.1) is 40.2 Å². The zero-order valence-electron chi connectivity index (χ0n) is 17.3. The number of carbonyl (C=O) groups excluding carboxylic acids is 2. The van der Waals surface area contributed by atoms with Gasteiger partial charge in [-0.25, -0.2) is 4.98 Å². The molecule has 4 heterocycles. The Kier molecular flexibility index (Phi) is 5.23. The van der Waals surface area contributed by atoms with Crippen LogP contribution in [0.2, 0.25) is 10.0 Å². The smallest absolute Gasteiger partial charge is 0.296 e. The Morgan fingerprint density at radius 3 is 2.67 bits per heavy atom. The van der Waals surface area contributed by atoms with Crippen LogP contribution in [0.4, 0.5) is 0 Å².